The van der Waals surface area contributed by atoms with E-state index in [2.05, 4.69) is 34.8 Å². The lowest BCUT2D eigenvalue weighted by atomic mass is 9.83. The maximum atomic E-state index is 14.3. The first-order valence-electron chi connectivity index (χ1n) is 15.5. The molecule has 2 aliphatic heterocycles. The summed E-state index contributed by atoms with van der Waals surface area (Å²) in [7, 11) is 0. The molecular weight excluding hydrogens is 553 g/mol. The van der Waals surface area contributed by atoms with E-state index in [1.807, 2.05) is 0 Å². The summed E-state index contributed by atoms with van der Waals surface area (Å²) in [4.78, 5) is 70.2. The molecule has 0 unspecified atom stereocenters. The minimum atomic E-state index is -0.843. The van der Waals surface area contributed by atoms with E-state index in [1.165, 1.54) is 12.1 Å². The number of aldehydes is 1. The largest absolute Gasteiger partial charge is 0.356 e. The van der Waals surface area contributed by atoms with Gasteiger partial charge in [0.1, 0.15) is 29.9 Å². The van der Waals surface area contributed by atoms with Crippen LogP contribution in [0.25, 0.3) is 10.9 Å². The number of hydrogen-bond donors (Lipinski definition) is 4. The van der Waals surface area contributed by atoms with E-state index in [4.69, 9.17) is 0 Å². The fourth-order valence-corrected chi connectivity index (χ4v) is 7.89. The Labute approximate surface area is 249 Å². The number of hydrogen-bond acceptors (Lipinski definition) is 5. The van der Waals surface area contributed by atoms with Crippen LogP contribution >= 0.6 is 0 Å². The first-order chi connectivity index (χ1) is 20.6. The molecule has 230 valence electrons. The molecule has 11 heteroatoms. The van der Waals surface area contributed by atoms with Crippen molar-refractivity contribution in [2.45, 2.75) is 76.9 Å². The molecule has 0 bridgehead atoms. The summed E-state index contributed by atoms with van der Waals surface area (Å²) in [5, 5.41) is 8.85. The number of aromatic amines is 1. The molecule has 0 spiro atoms. The van der Waals surface area contributed by atoms with Gasteiger partial charge in [0.25, 0.3) is 5.91 Å². The highest BCUT2D eigenvalue weighted by molar-refractivity contribution is 6.01. The van der Waals surface area contributed by atoms with Gasteiger partial charge < -0.3 is 30.6 Å². The molecule has 4 fully saturated rings. The number of benzene rings is 1. The Morgan fingerprint density at radius 1 is 1.14 bits per heavy atom. The lowest BCUT2D eigenvalue weighted by Gasteiger charge is -2.37. The van der Waals surface area contributed by atoms with Crippen molar-refractivity contribution in [2.24, 2.45) is 29.1 Å². The molecule has 0 radical (unpaired) electrons. The van der Waals surface area contributed by atoms with Crippen LogP contribution in [0.3, 0.4) is 0 Å². The van der Waals surface area contributed by atoms with E-state index < -0.39 is 35.8 Å². The Hall–Kier alpha value is -3.76. The van der Waals surface area contributed by atoms with E-state index in [9.17, 15) is 28.4 Å². The van der Waals surface area contributed by atoms with Gasteiger partial charge in [-0.15, -0.1) is 0 Å². The molecule has 43 heavy (non-hydrogen) atoms. The highest BCUT2D eigenvalue weighted by Gasteiger charge is 2.69. The number of amides is 4. The fourth-order valence-electron chi connectivity index (χ4n) is 7.89. The molecule has 2 aromatic rings. The summed E-state index contributed by atoms with van der Waals surface area (Å²) in [5.74, 6) is -2.14. The van der Waals surface area contributed by atoms with Gasteiger partial charge in [-0.25, -0.2) is 4.39 Å². The molecule has 3 heterocycles. The van der Waals surface area contributed by atoms with Crippen molar-refractivity contribution in [1.82, 2.24) is 25.8 Å². The predicted octanol–water partition coefficient (Wildman–Crippen LogP) is 2.68. The smallest absolute Gasteiger partial charge is 0.268 e. The number of carbonyl (C=O) groups is 5. The van der Waals surface area contributed by atoms with Gasteiger partial charge in [-0.3, -0.25) is 19.2 Å². The van der Waals surface area contributed by atoms with Gasteiger partial charge in [-0.2, -0.15) is 0 Å². The third-order valence-corrected chi connectivity index (χ3v) is 10.5. The highest BCUT2D eigenvalue weighted by Crippen LogP contribution is 2.65. The molecule has 2 saturated heterocycles. The standard InChI is InChI=1S/C32H40FN5O5/c1-32(2)21-15-38(27(25(21)32)30(42)35-19(16-39)13-18-11-12-34-28(18)40)31(43)26(17-7-4-3-5-8-17)37-29(41)24-14-20-22(33)9-6-10-23(20)36-24/h6,9-10,14,16-19,21,25-27,36H,3-5,7-8,11-13,15H2,1-2H3,(H,34,40)(H,35,42)(H,37,41)/t18-,19-,21-,25-,26-,27-/m0/s1. The SMILES string of the molecule is CC1(C)[C@@H]2[C@@H](C(=O)N[C@H](C=O)C[C@@H]3CCNC3=O)N(C(=O)[C@@H](NC(=O)c3cc4c(F)cccc4[nH]3)C3CCCCC3)C[C@@H]21. The minimum Gasteiger partial charge on any atom is -0.356 e. The lowest BCUT2D eigenvalue weighted by molar-refractivity contribution is -0.143. The van der Waals surface area contributed by atoms with Crippen molar-refractivity contribution < 1.29 is 28.4 Å². The lowest BCUT2D eigenvalue weighted by Crippen LogP contribution is -2.59. The Balaban J connectivity index is 1.23. The van der Waals surface area contributed by atoms with Crippen molar-refractivity contribution in [3.05, 3.63) is 35.8 Å². The van der Waals surface area contributed by atoms with Crippen molar-refractivity contribution in [3.8, 4) is 0 Å². The Morgan fingerprint density at radius 3 is 2.58 bits per heavy atom. The average molecular weight is 594 g/mol. The van der Waals surface area contributed by atoms with Crippen LogP contribution in [0.1, 0.15) is 69.3 Å². The van der Waals surface area contributed by atoms with E-state index in [-0.39, 0.29) is 53.0 Å². The zero-order chi connectivity index (χ0) is 30.5. The van der Waals surface area contributed by atoms with Crippen molar-refractivity contribution >= 4 is 40.8 Å². The van der Waals surface area contributed by atoms with Gasteiger partial charge in [0.05, 0.1) is 6.04 Å². The molecular formula is C32H40FN5O5. The maximum absolute atomic E-state index is 14.3. The Bertz CT molecular complexity index is 1450. The van der Waals surface area contributed by atoms with Gasteiger partial charge >= 0.3 is 0 Å². The number of carbonyl (C=O) groups excluding carboxylic acids is 5. The van der Waals surface area contributed by atoms with Gasteiger partial charge in [0.15, 0.2) is 0 Å². The molecule has 1 aromatic carbocycles. The highest BCUT2D eigenvalue weighted by atomic mass is 19.1. The first-order valence-corrected chi connectivity index (χ1v) is 15.5. The van der Waals surface area contributed by atoms with Crippen LogP contribution < -0.4 is 16.0 Å². The van der Waals surface area contributed by atoms with Crippen LogP contribution in [-0.2, 0) is 19.2 Å². The van der Waals surface area contributed by atoms with E-state index in [1.54, 1.807) is 17.0 Å². The summed E-state index contributed by atoms with van der Waals surface area (Å²) in [6.07, 6.45) is 5.98. The monoisotopic (exact) mass is 593 g/mol. The van der Waals surface area contributed by atoms with Gasteiger partial charge in [0.2, 0.25) is 17.7 Å². The Kier molecular flexibility index (Phi) is 7.76. The Morgan fingerprint density at radius 2 is 1.91 bits per heavy atom. The number of H-pyrrole nitrogens is 1. The van der Waals surface area contributed by atoms with Gasteiger partial charge in [0, 0.05) is 29.9 Å². The van der Waals surface area contributed by atoms with Crippen LogP contribution in [0.2, 0.25) is 0 Å². The van der Waals surface area contributed by atoms with Crippen LogP contribution in [0.5, 0.6) is 0 Å². The number of likely N-dealkylation sites (tertiary alicyclic amines) is 1. The summed E-state index contributed by atoms with van der Waals surface area (Å²) >= 11 is 0. The zero-order valence-corrected chi connectivity index (χ0v) is 24.7. The van der Waals surface area contributed by atoms with E-state index >= 15 is 0 Å². The summed E-state index contributed by atoms with van der Waals surface area (Å²) < 4.78 is 14.3. The fraction of sp³-hybridized carbons (Fsp3) is 0.594. The van der Waals surface area contributed by atoms with Crippen molar-refractivity contribution in [1.29, 1.82) is 0 Å². The molecule has 10 nitrogen and oxygen atoms in total. The normalized spacial score (nSPS) is 27.7. The molecule has 4 aliphatic rings. The summed E-state index contributed by atoms with van der Waals surface area (Å²) in [6, 6.07) is 3.57. The zero-order valence-electron chi connectivity index (χ0n) is 24.7. The van der Waals surface area contributed by atoms with Crippen LogP contribution in [0, 0.1) is 34.9 Å². The van der Waals surface area contributed by atoms with Crippen LogP contribution in [0.4, 0.5) is 4.39 Å². The second-order valence-electron chi connectivity index (χ2n) is 13.4. The molecule has 6 rings (SSSR count). The quantitative estimate of drug-likeness (QED) is 0.331. The summed E-state index contributed by atoms with van der Waals surface area (Å²) in [5.41, 5.74) is 0.515. The van der Waals surface area contributed by atoms with Crippen molar-refractivity contribution in [2.75, 3.05) is 13.1 Å². The topological polar surface area (TPSA) is 140 Å². The minimum absolute atomic E-state index is 0.0714. The molecule has 2 saturated carbocycles. The number of aromatic nitrogens is 1. The van der Waals surface area contributed by atoms with E-state index in [0.29, 0.717) is 36.7 Å². The average Bonchev–Trinajstić information content (AvgIpc) is 3.52. The molecule has 2 aliphatic carbocycles. The predicted molar refractivity (Wildman–Crippen MR) is 156 cm³/mol. The molecule has 4 N–H and O–H groups in total. The second kappa shape index (κ2) is 11.4. The molecule has 4 amide bonds. The number of rotatable bonds is 9. The van der Waals surface area contributed by atoms with Crippen LogP contribution in [0.15, 0.2) is 24.3 Å². The number of fused-ring (bicyclic) bond motifs is 2. The third kappa shape index (κ3) is 5.42. The number of nitrogens with one attached hydrogen (secondary N) is 4. The molecule has 6 atom stereocenters. The number of nitrogens with zero attached hydrogens (tertiary/aromatic N) is 1. The maximum Gasteiger partial charge on any atom is 0.268 e. The number of piperidine rings is 1. The summed E-state index contributed by atoms with van der Waals surface area (Å²) in [6.45, 7) is 5.11. The first kappa shape index (κ1) is 29.3. The number of halogens is 1. The van der Waals surface area contributed by atoms with Gasteiger partial charge in [-0.1, -0.05) is 39.2 Å². The van der Waals surface area contributed by atoms with Crippen LogP contribution in [-0.4, -0.2) is 71.0 Å². The third-order valence-electron chi connectivity index (χ3n) is 10.5. The van der Waals surface area contributed by atoms with E-state index in [0.717, 1.165) is 32.1 Å². The van der Waals surface area contributed by atoms with Gasteiger partial charge in [-0.05, 0) is 67.1 Å². The molecule has 1 aromatic heterocycles. The second-order valence-corrected chi connectivity index (χ2v) is 13.4. The van der Waals surface area contributed by atoms with Crippen molar-refractivity contribution in [3.63, 3.8) is 0 Å².